The lowest BCUT2D eigenvalue weighted by Crippen LogP contribution is -2.58. The zero-order valence-corrected chi connectivity index (χ0v) is 23.3. The number of carbonyl (C=O) groups excluding carboxylic acids is 2. The average Bonchev–Trinajstić information content (AvgIpc) is 3.36. The van der Waals surface area contributed by atoms with Gasteiger partial charge in [-0.1, -0.05) is 42.3 Å². The molecule has 4 heterocycles. The summed E-state index contributed by atoms with van der Waals surface area (Å²) in [6.45, 7) is 10.1. The van der Waals surface area contributed by atoms with Crippen LogP contribution in [0.15, 0.2) is 18.2 Å². The molecule has 210 valence electrons. The predicted octanol–water partition coefficient (Wildman–Crippen LogP) is 2.47. The van der Waals surface area contributed by atoms with Crippen molar-refractivity contribution in [1.29, 1.82) is 0 Å². The minimum absolute atomic E-state index is 0.00356. The van der Waals surface area contributed by atoms with Gasteiger partial charge >= 0.3 is 6.09 Å². The number of alkyl carbamates (subject to hydrolysis) is 1. The number of primary amides is 1. The number of nitrogens with zero attached hydrogens (tertiary/aromatic N) is 5. The maximum Gasteiger partial charge on any atom is 0.407 e. The number of aryl methyl sites for hydroxylation is 1. The summed E-state index contributed by atoms with van der Waals surface area (Å²) in [7, 11) is 0. The van der Waals surface area contributed by atoms with Crippen LogP contribution in [0.1, 0.15) is 59.5 Å². The number of hydrogen-bond acceptors (Lipinski definition) is 9. The van der Waals surface area contributed by atoms with Crippen LogP contribution in [0.25, 0.3) is 0 Å². The van der Waals surface area contributed by atoms with Gasteiger partial charge in [0.25, 0.3) is 5.91 Å². The van der Waals surface area contributed by atoms with Crippen LogP contribution in [0.4, 0.5) is 16.4 Å². The standard InChI is InChI=1S/C27H37ClN8O3/c1-3-18-15-35(26-23(28)32-22(25(30)37)24(29)33-26)10-11-36(18)19-6-8-34(9-7-19)14-17-5-4-16(2)12-20(17)21-13-31-27(38)39-21/h4-5,12,18-19,21H,3,6-11,13-15H2,1-2H3,(H2,29,33)(H2,30,37)(H,31,38)/t18-,21?/m0/s1. The molecule has 1 aromatic carbocycles. The zero-order valence-electron chi connectivity index (χ0n) is 22.5. The fourth-order valence-corrected chi connectivity index (χ4v) is 6.32. The van der Waals surface area contributed by atoms with Crippen molar-refractivity contribution in [2.24, 2.45) is 5.73 Å². The summed E-state index contributed by atoms with van der Waals surface area (Å²) in [6.07, 6.45) is 2.61. The Morgan fingerprint density at radius 1 is 1.21 bits per heavy atom. The van der Waals surface area contributed by atoms with Crippen LogP contribution >= 0.6 is 11.6 Å². The van der Waals surface area contributed by atoms with Crippen molar-refractivity contribution in [2.45, 2.75) is 57.8 Å². The maximum absolute atomic E-state index is 11.6. The second-order valence-corrected chi connectivity index (χ2v) is 11.0. The van der Waals surface area contributed by atoms with E-state index < -0.39 is 5.91 Å². The van der Waals surface area contributed by atoms with Crippen LogP contribution in [0, 0.1) is 6.92 Å². The van der Waals surface area contributed by atoms with Crippen molar-refractivity contribution in [3.8, 4) is 0 Å². The summed E-state index contributed by atoms with van der Waals surface area (Å²) in [4.78, 5) is 38.9. The third-order valence-electron chi connectivity index (χ3n) is 8.15. The van der Waals surface area contributed by atoms with Gasteiger partial charge in [0.2, 0.25) is 0 Å². The van der Waals surface area contributed by atoms with E-state index in [2.05, 4.69) is 62.0 Å². The van der Waals surface area contributed by atoms with E-state index >= 15 is 0 Å². The Labute approximate surface area is 233 Å². The normalized spacial score (nSPS) is 23.1. The van der Waals surface area contributed by atoms with Gasteiger partial charge in [-0.05, 0) is 50.4 Å². The van der Waals surface area contributed by atoms with Gasteiger partial charge in [0.05, 0.1) is 6.54 Å². The third kappa shape index (κ3) is 5.90. The highest BCUT2D eigenvalue weighted by molar-refractivity contribution is 6.32. The SMILES string of the molecule is CC[C@H]1CN(c2nc(N)c(C(N)=O)nc2Cl)CCN1C1CCN(Cc2ccc(C)cc2C2CNC(=O)O2)CC1. The zero-order chi connectivity index (χ0) is 27.7. The minimum Gasteiger partial charge on any atom is -0.439 e. The van der Waals surface area contributed by atoms with Gasteiger partial charge in [0, 0.05) is 38.3 Å². The first-order chi connectivity index (χ1) is 18.7. The largest absolute Gasteiger partial charge is 0.439 e. The van der Waals surface area contributed by atoms with Gasteiger partial charge in [0.15, 0.2) is 22.5 Å². The molecular formula is C27H37ClN8O3. The number of nitrogens with two attached hydrogens (primary N) is 2. The molecule has 2 atom stereocenters. The molecule has 0 radical (unpaired) electrons. The van der Waals surface area contributed by atoms with E-state index in [9.17, 15) is 9.59 Å². The van der Waals surface area contributed by atoms with E-state index in [1.807, 2.05) is 0 Å². The number of aromatic nitrogens is 2. The first-order valence-corrected chi connectivity index (χ1v) is 14.0. The van der Waals surface area contributed by atoms with E-state index in [4.69, 9.17) is 27.8 Å². The fourth-order valence-electron chi connectivity index (χ4n) is 6.08. The number of rotatable bonds is 7. The number of nitrogens with one attached hydrogen (secondary N) is 1. The molecule has 11 nitrogen and oxygen atoms in total. The van der Waals surface area contributed by atoms with Crippen molar-refractivity contribution >= 4 is 35.2 Å². The number of piperazine rings is 1. The summed E-state index contributed by atoms with van der Waals surface area (Å²) in [5.74, 6) is -0.235. The predicted molar refractivity (Wildman–Crippen MR) is 150 cm³/mol. The molecular weight excluding hydrogens is 520 g/mol. The maximum atomic E-state index is 11.6. The number of hydrogen-bond donors (Lipinski definition) is 3. The molecule has 3 fully saturated rings. The van der Waals surface area contributed by atoms with Gasteiger partial charge in [0.1, 0.15) is 6.10 Å². The van der Waals surface area contributed by atoms with Gasteiger partial charge in [-0.15, -0.1) is 0 Å². The minimum atomic E-state index is -0.742. The first-order valence-electron chi connectivity index (χ1n) is 13.6. The number of piperidine rings is 1. The lowest BCUT2D eigenvalue weighted by atomic mass is 9.96. The van der Waals surface area contributed by atoms with Gasteiger partial charge in [-0.3, -0.25) is 14.6 Å². The smallest absolute Gasteiger partial charge is 0.407 e. The van der Waals surface area contributed by atoms with Crippen LogP contribution in [0.3, 0.4) is 0 Å². The molecule has 12 heteroatoms. The lowest BCUT2D eigenvalue weighted by Gasteiger charge is -2.47. The topological polar surface area (TPSA) is 143 Å². The van der Waals surface area contributed by atoms with Gasteiger partial charge < -0.3 is 26.4 Å². The molecule has 0 spiro atoms. The number of halogens is 1. The number of carbonyl (C=O) groups is 2. The number of likely N-dealkylation sites (tertiary alicyclic amines) is 1. The Kier molecular flexibility index (Phi) is 8.11. The van der Waals surface area contributed by atoms with E-state index in [0.717, 1.165) is 64.1 Å². The third-order valence-corrected chi connectivity index (χ3v) is 8.40. The van der Waals surface area contributed by atoms with Crippen molar-refractivity contribution in [3.63, 3.8) is 0 Å². The molecule has 3 aliphatic rings. The molecule has 2 amide bonds. The molecule has 0 bridgehead atoms. The Morgan fingerprint density at radius 3 is 2.64 bits per heavy atom. The monoisotopic (exact) mass is 556 g/mol. The number of benzene rings is 1. The molecule has 1 aromatic heterocycles. The molecule has 5 N–H and O–H groups in total. The molecule has 2 aromatic rings. The highest BCUT2D eigenvalue weighted by Gasteiger charge is 2.35. The molecule has 39 heavy (non-hydrogen) atoms. The number of ether oxygens (including phenoxy) is 1. The van der Waals surface area contributed by atoms with E-state index in [1.165, 1.54) is 11.1 Å². The van der Waals surface area contributed by atoms with Crippen LogP contribution < -0.4 is 21.7 Å². The molecule has 0 aliphatic carbocycles. The lowest BCUT2D eigenvalue weighted by molar-refractivity contribution is 0.0607. The van der Waals surface area contributed by atoms with E-state index in [0.29, 0.717) is 24.4 Å². The molecule has 3 aliphatic heterocycles. The van der Waals surface area contributed by atoms with Crippen LogP contribution in [0.5, 0.6) is 0 Å². The molecule has 5 rings (SSSR count). The summed E-state index contributed by atoms with van der Waals surface area (Å²) in [5, 5.41) is 2.92. The number of nitrogen functional groups attached to an aromatic ring is 1. The summed E-state index contributed by atoms with van der Waals surface area (Å²) >= 11 is 6.38. The molecule has 1 unspecified atom stereocenters. The van der Waals surface area contributed by atoms with Crippen molar-refractivity contribution in [3.05, 3.63) is 45.7 Å². The Morgan fingerprint density at radius 2 is 1.97 bits per heavy atom. The first kappa shape index (κ1) is 27.4. The molecule has 3 saturated heterocycles. The van der Waals surface area contributed by atoms with Gasteiger partial charge in [-0.25, -0.2) is 14.8 Å². The highest BCUT2D eigenvalue weighted by Crippen LogP contribution is 2.31. The van der Waals surface area contributed by atoms with Crippen molar-refractivity contribution in [1.82, 2.24) is 25.1 Å². The highest BCUT2D eigenvalue weighted by atomic mass is 35.5. The van der Waals surface area contributed by atoms with Crippen LogP contribution in [-0.4, -0.2) is 83.1 Å². The Balaban J connectivity index is 1.20. The molecule has 0 saturated carbocycles. The summed E-state index contributed by atoms with van der Waals surface area (Å²) < 4.78 is 5.50. The van der Waals surface area contributed by atoms with E-state index in [-0.39, 0.29) is 28.9 Å². The fraction of sp³-hybridized carbons (Fsp3) is 0.556. The summed E-state index contributed by atoms with van der Waals surface area (Å²) in [6, 6.07) is 7.30. The second-order valence-electron chi connectivity index (χ2n) is 10.7. The average molecular weight is 557 g/mol. The summed E-state index contributed by atoms with van der Waals surface area (Å²) in [5.41, 5.74) is 14.7. The Bertz CT molecular complexity index is 1240. The number of cyclic esters (lactones) is 1. The number of amides is 2. The number of anilines is 2. The quantitative estimate of drug-likeness (QED) is 0.468. The van der Waals surface area contributed by atoms with Crippen molar-refractivity contribution < 1.29 is 14.3 Å². The van der Waals surface area contributed by atoms with Crippen LogP contribution in [0.2, 0.25) is 5.15 Å². The van der Waals surface area contributed by atoms with Crippen LogP contribution in [-0.2, 0) is 11.3 Å². The van der Waals surface area contributed by atoms with Crippen molar-refractivity contribution in [2.75, 3.05) is 49.9 Å². The Hall–Kier alpha value is -3.15. The second kappa shape index (κ2) is 11.5. The van der Waals surface area contributed by atoms with Gasteiger partial charge in [-0.2, -0.15) is 0 Å². The van der Waals surface area contributed by atoms with E-state index in [1.54, 1.807) is 0 Å².